The molecule has 8 nitrogen and oxygen atoms in total. The zero-order valence-electron chi connectivity index (χ0n) is 18.7. The molecule has 1 aliphatic carbocycles. The number of benzene rings is 2. The number of carbonyl (C=O) groups excluding carboxylic acids is 2. The molecule has 0 aliphatic heterocycles. The Hall–Kier alpha value is -3.39. The van der Waals surface area contributed by atoms with Crippen LogP contribution in [0.15, 0.2) is 48.5 Å². The number of hydrogen-bond acceptors (Lipinski definition) is 6. The van der Waals surface area contributed by atoms with Gasteiger partial charge in [0.05, 0.1) is 5.41 Å². The molecule has 1 N–H and O–H groups in total. The van der Waals surface area contributed by atoms with Crippen molar-refractivity contribution in [2.75, 3.05) is 26.9 Å². The van der Waals surface area contributed by atoms with E-state index in [1.54, 1.807) is 20.8 Å². The number of ether oxygens (including phenoxy) is 2. The number of rotatable bonds is 7. The number of nitrogens with zero attached hydrogens (tertiary/aromatic N) is 2. The van der Waals surface area contributed by atoms with Crippen molar-refractivity contribution in [3.8, 4) is 11.1 Å². The van der Waals surface area contributed by atoms with Gasteiger partial charge in [-0.2, -0.15) is 5.01 Å². The minimum absolute atomic E-state index is 0.0971. The summed E-state index contributed by atoms with van der Waals surface area (Å²) in [5.74, 6) is -1.80. The average Bonchev–Trinajstić information content (AvgIpc) is 3.07. The summed E-state index contributed by atoms with van der Waals surface area (Å²) >= 11 is 0. The van der Waals surface area contributed by atoms with E-state index >= 15 is 0 Å². The highest BCUT2D eigenvalue weighted by Crippen LogP contribution is 2.44. The van der Waals surface area contributed by atoms with Crippen molar-refractivity contribution in [2.24, 2.45) is 5.41 Å². The van der Waals surface area contributed by atoms with Gasteiger partial charge in [0.2, 0.25) is 0 Å². The molecule has 0 bridgehead atoms. The molecule has 3 rings (SSSR count). The number of hydrogen-bond donors (Lipinski definition) is 1. The van der Waals surface area contributed by atoms with Gasteiger partial charge in [-0.1, -0.05) is 48.5 Å². The third-order valence-corrected chi connectivity index (χ3v) is 5.30. The standard InChI is InChI=1S/C24H28N2O6/c1-24(2,3)22(29)32-15-26(13-21(27)28)25(4)23(30)31-14-20-18-11-7-5-9-16(18)17-10-6-8-12-19(17)20/h5-12,20H,13-15H2,1-4H3,(H,27,28). The van der Waals surface area contributed by atoms with Gasteiger partial charge in [0, 0.05) is 13.0 Å². The molecule has 0 fully saturated rings. The summed E-state index contributed by atoms with van der Waals surface area (Å²) in [7, 11) is 1.38. The smallest absolute Gasteiger partial charge is 0.424 e. The second-order valence-corrected chi connectivity index (χ2v) is 8.70. The fourth-order valence-corrected chi connectivity index (χ4v) is 3.55. The van der Waals surface area contributed by atoms with E-state index in [1.807, 2.05) is 48.5 Å². The van der Waals surface area contributed by atoms with Gasteiger partial charge in [0.15, 0.2) is 6.73 Å². The molecule has 0 unspecified atom stereocenters. The van der Waals surface area contributed by atoms with Gasteiger partial charge >= 0.3 is 18.0 Å². The van der Waals surface area contributed by atoms with Crippen LogP contribution in [0.4, 0.5) is 4.79 Å². The zero-order chi connectivity index (χ0) is 23.5. The average molecular weight is 440 g/mol. The van der Waals surface area contributed by atoms with Crippen LogP contribution in [-0.2, 0) is 19.1 Å². The number of aliphatic carboxylic acids is 1. The van der Waals surface area contributed by atoms with E-state index in [4.69, 9.17) is 9.47 Å². The predicted octanol–water partition coefficient (Wildman–Crippen LogP) is 3.72. The molecule has 0 saturated carbocycles. The SMILES string of the molecule is CN(C(=O)OCC1c2ccccc2-c2ccccc21)N(COC(=O)C(C)(C)C)CC(=O)O. The van der Waals surface area contributed by atoms with E-state index in [1.165, 1.54) is 7.05 Å². The van der Waals surface area contributed by atoms with Gasteiger partial charge in [-0.15, -0.1) is 0 Å². The Morgan fingerprint density at radius 1 is 0.938 bits per heavy atom. The van der Waals surface area contributed by atoms with Crippen LogP contribution in [0.1, 0.15) is 37.8 Å². The summed E-state index contributed by atoms with van der Waals surface area (Å²) in [6.07, 6.45) is -0.736. The molecule has 0 radical (unpaired) electrons. The highest BCUT2D eigenvalue weighted by Gasteiger charge is 2.31. The first-order valence-corrected chi connectivity index (χ1v) is 10.3. The monoisotopic (exact) mass is 440 g/mol. The van der Waals surface area contributed by atoms with Gasteiger partial charge in [-0.25, -0.2) is 9.80 Å². The Morgan fingerprint density at radius 2 is 1.47 bits per heavy atom. The molecular weight excluding hydrogens is 412 g/mol. The molecule has 1 amide bonds. The van der Waals surface area contributed by atoms with Crippen LogP contribution in [0.2, 0.25) is 0 Å². The first-order valence-electron chi connectivity index (χ1n) is 10.3. The van der Waals surface area contributed by atoms with Crippen LogP contribution in [0.25, 0.3) is 11.1 Å². The van der Waals surface area contributed by atoms with Crippen molar-refractivity contribution in [3.63, 3.8) is 0 Å². The van der Waals surface area contributed by atoms with Gasteiger partial charge in [-0.05, 0) is 43.0 Å². The van der Waals surface area contributed by atoms with E-state index < -0.39 is 30.0 Å². The van der Waals surface area contributed by atoms with Crippen molar-refractivity contribution < 1.29 is 29.0 Å². The number of hydrazine groups is 1. The minimum Gasteiger partial charge on any atom is -0.480 e. The lowest BCUT2D eigenvalue weighted by Gasteiger charge is -2.30. The third-order valence-electron chi connectivity index (χ3n) is 5.30. The van der Waals surface area contributed by atoms with Crippen LogP contribution in [0.5, 0.6) is 0 Å². The van der Waals surface area contributed by atoms with Crippen molar-refractivity contribution in [2.45, 2.75) is 26.7 Å². The molecule has 170 valence electrons. The van der Waals surface area contributed by atoms with Gasteiger partial charge in [-0.3, -0.25) is 9.59 Å². The second-order valence-electron chi connectivity index (χ2n) is 8.70. The molecule has 1 aliphatic rings. The lowest BCUT2D eigenvalue weighted by Crippen LogP contribution is -2.48. The normalized spacial score (nSPS) is 12.8. The third kappa shape index (κ3) is 5.08. The number of esters is 1. The van der Waals surface area contributed by atoms with Gasteiger partial charge in [0.25, 0.3) is 0 Å². The lowest BCUT2D eigenvalue weighted by molar-refractivity contribution is -0.169. The summed E-state index contributed by atoms with van der Waals surface area (Å²) in [5, 5.41) is 11.3. The Morgan fingerprint density at radius 3 is 1.97 bits per heavy atom. The Labute approximate surface area is 187 Å². The number of fused-ring (bicyclic) bond motifs is 3. The van der Waals surface area contributed by atoms with E-state index in [0.29, 0.717) is 0 Å². The lowest BCUT2D eigenvalue weighted by atomic mass is 9.98. The maximum atomic E-state index is 12.7. The molecule has 0 spiro atoms. The molecule has 32 heavy (non-hydrogen) atoms. The van der Waals surface area contributed by atoms with Crippen molar-refractivity contribution in [1.82, 2.24) is 10.0 Å². The van der Waals surface area contributed by atoms with Crippen LogP contribution < -0.4 is 0 Å². The number of carboxylic acid groups (broad SMARTS) is 1. The van der Waals surface area contributed by atoms with Crippen molar-refractivity contribution in [1.29, 1.82) is 0 Å². The van der Waals surface area contributed by atoms with Crippen molar-refractivity contribution in [3.05, 3.63) is 59.7 Å². The van der Waals surface area contributed by atoms with Crippen LogP contribution in [-0.4, -0.2) is 60.1 Å². The predicted molar refractivity (Wildman–Crippen MR) is 118 cm³/mol. The Balaban J connectivity index is 1.68. The largest absolute Gasteiger partial charge is 0.480 e. The highest BCUT2D eigenvalue weighted by molar-refractivity contribution is 5.79. The maximum absolute atomic E-state index is 12.7. The Bertz CT molecular complexity index is 968. The van der Waals surface area contributed by atoms with Gasteiger partial charge < -0.3 is 14.6 Å². The summed E-state index contributed by atoms with van der Waals surface area (Å²) in [5.41, 5.74) is 3.62. The molecule has 8 heteroatoms. The van der Waals surface area contributed by atoms with E-state index in [-0.39, 0.29) is 19.3 Å². The fourth-order valence-electron chi connectivity index (χ4n) is 3.55. The maximum Gasteiger partial charge on any atom is 0.424 e. The summed E-state index contributed by atoms with van der Waals surface area (Å²) in [4.78, 5) is 36.0. The first kappa shape index (κ1) is 23.3. The zero-order valence-corrected chi connectivity index (χ0v) is 18.7. The number of carbonyl (C=O) groups is 3. The fraction of sp³-hybridized carbons (Fsp3) is 0.375. The van der Waals surface area contributed by atoms with Crippen LogP contribution >= 0.6 is 0 Å². The summed E-state index contributed by atoms with van der Waals surface area (Å²) in [6, 6.07) is 16.0. The molecule has 2 aromatic carbocycles. The first-order chi connectivity index (χ1) is 15.1. The topological polar surface area (TPSA) is 96.4 Å². The quantitative estimate of drug-likeness (QED) is 0.398. The molecule has 0 heterocycles. The van der Waals surface area contributed by atoms with E-state index in [2.05, 4.69) is 0 Å². The summed E-state index contributed by atoms with van der Waals surface area (Å²) < 4.78 is 10.7. The molecule has 0 atom stereocenters. The number of amides is 1. The van der Waals surface area contributed by atoms with Gasteiger partial charge in [0.1, 0.15) is 13.2 Å². The Kier molecular flexibility index (Phi) is 6.84. The van der Waals surface area contributed by atoms with Crippen LogP contribution in [0, 0.1) is 5.41 Å². The van der Waals surface area contributed by atoms with Crippen molar-refractivity contribution >= 4 is 18.0 Å². The highest BCUT2D eigenvalue weighted by atomic mass is 16.6. The van der Waals surface area contributed by atoms with E-state index in [0.717, 1.165) is 32.3 Å². The van der Waals surface area contributed by atoms with Crippen LogP contribution in [0.3, 0.4) is 0 Å². The van der Waals surface area contributed by atoms with E-state index in [9.17, 15) is 19.5 Å². The molecular formula is C24H28N2O6. The number of carboxylic acids is 1. The molecule has 2 aromatic rings. The molecule has 0 aromatic heterocycles. The summed E-state index contributed by atoms with van der Waals surface area (Å²) in [6.45, 7) is 4.24. The molecule has 0 saturated heterocycles. The minimum atomic E-state index is -1.17. The second kappa shape index (κ2) is 9.40.